The maximum Gasteiger partial charge on any atom is 0.410 e. The van der Waals surface area contributed by atoms with Crippen LogP contribution in [-0.4, -0.2) is 21.0 Å². The summed E-state index contributed by atoms with van der Waals surface area (Å²) in [5, 5.41) is 15.9. The number of amides is 1. The third kappa shape index (κ3) is 1.73. The van der Waals surface area contributed by atoms with Gasteiger partial charge in [0.2, 0.25) is 0 Å². The second-order valence-electron chi connectivity index (χ2n) is 4.30. The molecule has 5 heteroatoms. The van der Waals surface area contributed by atoms with E-state index in [2.05, 4.69) is 10.4 Å². The number of benzene rings is 1. The third-order valence-electron chi connectivity index (χ3n) is 3.13. The molecule has 92 valence electrons. The molecule has 0 unspecified atom stereocenters. The van der Waals surface area contributed by atoms with Crippen LogP contribution >= 0.6 is 0 Å². The van der Waals surface area contributed by atoms with Gasteiger partial charge in [0.1, 0.15) is 5.82 Å². The minimum absolute atomic E-state index is 0.584. The van der Waals surface area contributed by atoms with Crippen molar-refractivity contribution < 1.29 is 9.90 Å². The van der Waals surface area contributed by atoms with E-state index in [1.54, 1.807) is 4.68 Å². The fourth-order valence-electron chi connectivity index (χ4n) is 2.38. The van der Waals surface area contributed by atoms with E-state index in [1.807, 2.05) is 30.3 Å². The molecule has 0 fully saturated rings. The summed E-state index contributed by atoms with van der Waals surface area (Å²) in [6.45, 7) is 0. The van der Waals surface area contributed by atoms with Crippen molar-refractivity contribution >= 4 is 11.9 Å². The minimum Gasteiger partial charge on any atom is -0.465 e. The van der Waals surface area contributed by atoms with E-state index in [9.17, 15) is 4.79 Å². The molecule has 1 amide bonds. The second kappa shape index (κ2) is 4.18. The lowest BCUT2D eigenvalue weighted by molar-refractivity contribution is 0.209. The Balaban J connectivity index is 2.12. The first-order valence-electron chi connectivity index (χ1n) is 5.92. The van der Waals surface area contributed by atoms with Gasteiger partial charge in [-0.15, -0.1) is 0 Å². The molecule has 0 spiro atoms. The van der Waals surface area contributed by atoms with Gasteiger partial charge in [0.15, 0.2) is 0 Å². The molecule has 1 aliphatic carbocycles. The molecule has 0 saturated heterocycles. The zero-order valence-electron chi connectivity index (χ0n) is 9.76. The Morgan fingerprint density at radius 3 is 2.78 bits per heavy atom. The molecule has 2 aromatic rings. The first kappa shape index (κ1) is 10.8. The predicted molar refractivity (Wildman–Crippen MR) is 67.2 cm³/mol. The normalized spacial score (nSPS) is 13.3. The van der Waals surface area contributed by atoms with Crippen molar-refractivity contribution in [1.29, 1.82) is 0 Å². The Kier molecular flexibility index (Phi) is 2.51. The van der Waals surface area contributed by atoms with Crippen molar-refractivity contribution in [3.63, 3.8) is 0 Å². The molecule has 0 aliphatic heterocycles. The summed E-state index contributed by atoms with van der Waals surface area (Å²) in [5.41, 5.74) is 2.90. The van der Waals surface area contributed by atoms with E-state index in [0.717, 1.165) is 36.2 Å². The van der Waals surface area contributed by atoms with Crippen LogP contribution in [0.15, 0.2) is 30.3 Å². The van der Waals surface area contributed by atoms with Gasteiger partial charge in [0.25, 0.3) is 0 Å². The van der Waals surface area contributed by atoms with Crippen molar-refractivity contribution in [2.24, 2.45) is 0 Å². The highest BCUT2D eigenvalue weighted by molar-refractivity contribution is 5.83. The number of hydrogen-bond donors (Lipinski definition) is 2. The van der Waals surface area contributed by atoms with Crippen molar-refractivity contribution in [2.45, 2.75) is 19.3 Å². The van der Waals surface area contributed by atoms with Crippen molar-refractivity contribution in [3.05, 3.63) is 41.6 Å². The molecule has 0 radical (unpaired) electrons. The number of fused-ring (bicyclic) bond motifs is 1. The third-order valence-corrected chi connectivity index (χ3v) is 3.13. The van der Waals surface area contributed by atoms with Crippen LogP contribution in [0.2, 0.25) is 0 Å². The van der Waals surface area contributed by atoms with Crippen LogP contribution < -0.4 is 5.32 Å². The van der Waals surface area contributed by atoms with Crippen LogP contribution in [-0.2, 0) is 12.8 Å². The predicted octanol–water partition coefficient (Wildman–Crippen LogP) is 2.45. The van der Waals surface area contributed by atoms with E-state index in [0.29, 0.717) is 5.82 Å². The molecule has 18 heavy (non-hydrogen) atoms. The number of aromatic nitrogens is 2. The van der Waals surface area contributed by atoms with E-state index in [4.69, 9.17) is 5.11 Å². The summed E-state index contributed by atoms with van der Waals surface area (Å²) in [5.74, 6) is 0.584. The molecule has 1 heterocycles. The smallest absolute Gasteiger partial charge is 0.410 e. The quantitative estimate of drug-likeness (QED) is 0.851. The monoisotopic (exact) mass is 243 g/mol. The molecular weight excluding hydrogens is 230 g/mol. The van der Waals surface area contributed by atoms with Crippen LogP contribution in [0.25, 0.3) is 5.69 Å². The second-order valence-corrected chi connectivity index (χ2v) is 4.30. The summed E-state index contributed by atoms with van der Waals surface area (Å²) >= 11 is 0. The first-order chi connectivity index (χ1) is 8.75. The zero-order chi connectivity index (χ0) is 12.5. The SMILES string of the molecule is O=C(O)Nc1c2c(nn1-c1ccccc1)CCC2. The van der Waals surface area contributed by atoms with Crippen LogP contribution in [0, 0.1) is 0 Å². The number of para-hydroxylation sites is 1. The number of carboxylic acid groups (broad SMARTS) is 1. The molecule has 2 N–H and O–H groups in total. The number of aryl methyl sites for hydroxylation is 1. The fourth-order valence-corrected chi connectivity index (χ4v) is 2.38. The summed E-state index contributed by atoms with van der Waals surface area (Å²) in [6.07, 6.45) is 1.80. The molecule has 1 aromatic heterocycles. The van der Waals surface area contributed by atoms with Gasteiger partial charge >= 0.3 is 6.09 Å². The van der Waals surface area contributed by atoms with Crippen molar-refractivity contribution in [2.75, 3.05) is 5.32 Å². The summed E-state index contributed by atoms with van der Waals surface area (Å²) in [7, 11) is 0. The summed E-state index contributed by atoms with van der Waals surface area (Å²) < 4.78 is 1.68. The maximum atomic E-state index is 10.9. The van der Waals surface area contributed by atoms with E-state index in [1.165, 1.54) is 0 Å². The van der Waals surface area contributed by atoms with Gasteiger partial charge in [-0.25, -0.2) is 9.48 Å². The number of anilines is 1. The number of carbonyl (C=O) groups is 1. The summed E-state index contributed by atoms with van der Waals surface area (Å²) in [4.78, 5) is 10.9. The highest BCUT2D eigenvalue weighted by Crippen LogP contribution is 2.30. The Bertz CT molecular complexity index is 590. The van der Waals surface area contributed by atoms with Gasteiger partial charge in [-0.3, -0.25) is 5.32 Å². The highest BCUT2D eigenvalue weighted by atomic mass is 16.4. The standard InChI is InChI=1S/C13H13N3O2/c17-13(18)14-12-10-7-4-8-11(10)15-16(12)9-5-2-1-3-6-9/h1-3,5-6,14H,4,7-8H2,(H,17,18). The lowest BCUT2D eigenvalue weighted by Gasteiger charge is -2.08. The number of nitrogens with zero attached hydrogens (tertiary/aromatic N) is 2. The van der Waals surface area contributed by atoms with Crippen LogP contribution in [0.4, 0.5) is 10.6 Å². The molecule has 1 aromatic carbocycles. The summed E-state index contributed by atoms with van der Waals surface area (Å²) in [6, 6.07) is 9.56. The van der Waals surface area contributed by atoms with E-state index in [-0.39, 0.29) is 0 Å². The molecule has 0 saturated carbocycles. The van der Waals surface area contributed by atoms with Gasteiger partial charge in [-0.1, -0.05) is 18.2 Å². The average Bonchev–Trinajstić information content (AvgIpc) is 2.93. The molecule has 1 aliphatic rings. The fraction of sp³-hybridized carbons (Fsp3) is 0.231. The molecule has 5 nitrogen and oxygen atoms in total. The van der Waals surface area contributed by atoms with Gasteiger partial charge < -0.3 is 5.11 Å². The van der Waals surface area contributed by atoms with E-state index >= 15 is 0 Å². The van der Waals surface area contributed by atoms with Crippen molar-refractivity contribution in [1.82, 2.24) is 9.78 Å². The van der Waals surface area contributed by atoms with Crippen LogP contribution in [0.5, 0.6) is 0 Å². The highest BCUT2D eigenvalue weighted by Gasteiger charge is 2.23. The number of nitrogens with one attached hydrogen (secondary N) is 1. The maximum absolute atomic E-state index is 10.9. The largest absolute Gasteiger partial charge is 0.465 e. The average molecular weight is 243 g/mol. The Hall–Kier alpha value is -2.30. The topological polar surface area (TPSA) is 67.2 Å². The van der Waals surface area contributed by atoms with Crippen LogP contribution in [0.1, 0.15) is 17.7 Å². The molecular formula is C13H13N3O2. The number of rotatable bonds is 2. The van der Waals surface area contributed by atoms with Crippen LogP contribution in [0.3, 0.4) is 0 Å². The molecule has 0 atom stereocenters. The first-order valence-corrected chi connectivity index (χ1v) is 5.92. The van der Waals surface area contributed by atoms with Crippen molar-refractivity contribution in [3.8, 4) is 5.69 Å². The minimum atomic E-state index is -1.05. The molecule has 3 rings (SSSR count). The van der Waals surface area contributed by atoms with Gasteiger partial charge in [-0.05, 0) is 31.4 Å². The Labute approximate surface area is 104 Å². The van der Waals surface area contributed by atoms with Gasteiger partial charge in [0.05, 0.1) is 11.4 Å². The zero-order valence-corrected chi connectivity index (χ0v) is 9.76. The van der Waals surface area contributed by atoms with Gasteiger partial charge in [-0.2, -0.15) is 5.10 Å². The van der Waals surface area contributed by atoms with E-state index < -0.39 is 6.09 Å². The Morgan fingerprint density at radius 1 is 1.28 bits per heavy atom. The lowest BCUT2D eigenvalue weighted by atomic mass is 10.2. The number of hydrogen-bond acceptors (Lipinski definition) is 2. The molecule has 0 bridgehead atoms. The lowest BCUT2D eigenvalue weighted by Crippen LogP contribution is -2.13. The van der Waals surface area contributed by atoms with Gasteiger partial charge in [0, 0.05) is 5.56 Å². The Morgan fingerprint density at radius 2 is 2.06 bits per heavy atom.